The summed E-state index contributed by atoms with van der Waals surface area (Å²) in [5.74, 6) is -3.00. The monoisotopic (exact) mass is 521 g/mol. The van der Waals surface area contributed by atoms with Crippen molar-refractivity contribution in [1.29, 1.82) is 0 Å². The zero-order chi connectivity index (χ0) is 26.4. The Morgan fingerprint density at radius 1 is 1.03 bits per heavy atom. The number of fused-ring (bicyclic) bond motifs is 1. The number of hydrogen-bond acceptors (Lipinski definition) is 12. The van der Waals surface area contributed by atoms with Crippen LogP contribution in [0.4, 0.5) is 0 Å². The molecule has 0 unspecified atom stereocenters. The van der Waals surface area contributed by atoms with Gasteiger partial charge in [0, 0.05) is 40.6 Å². The van der Waals surface area contributed by atoms with Gasteiger partial charge in [-0.3, -0.25) is 14.4 Å². The van der Waals surface area contributed by atoms with E-state index in [-0.39, 0.29) is 12.3 Å². The highest BCUT2D eigenvalue weighted by Gasteiger charge is 2.55. The third-order valence-electron chi connectivity index (χ3n) is 4.94. The van der Waals surface area contributed by atoms with Gasteiger partial charge in [-0.15, -0.1) is 11.3 Å². The number of nitrogens with zero attached hydrogens (tertiary/aromatic N) is 3. The maximum atomic E-state index is 12.6. The molecule has 1 aliphatic rings. The first-order chi connectivity index (χ1) is 17.1. The SMILES string of the molecule is COC(=O)[C@H]1O[C@@H](Oc2cccc3sc(CN=[N+]=[N-])cc23)[C@H](OC(C)=O)[C@@H](OC(C)=O)[C@@H]1OC(C)=O. The molecule has 0 aliphatic carbocycles. The van der Waals surface area contributed by atoms with E-state index in [1.807, 2.05) is 6.07 Å². The summed E-state index contributed by atoms with van der Waals surface area (Å²) in [4.78, 5) is 51.7. The van der Waals surface area contributed by atoms with E-state index >= 15 is 0 Å². The third kappa shape index (κ3) is 6.22. The molecule has 1 aromatic carbocycles. The van der Waals surface area contributed by atoms with Crippen molar-refractivity contribution in [3.05, 3.63) is 39.6 Å². The van der Waals surface area contributed by atoms with Crippen LogP contribution in [0.5, 0.6) is 5.75 Å². The van der Waals surface area contributed by atoms with E-state index in [2.05, 4.69) is 10.0 Å². The second-order valence-electron chi connectivity index (χ2n) is 7.56. The van der Waals surface area contributed by atoms with Crippen molar-refractivity contribution in [3.8, 4) is 5.75 Å². The van der Waals surface area contributed by atoms with Gasteiger partial charge in [0.2, 0.25) is 12.4 Å². The average Bonchev–Trinajstić information content (AvgIpc) is 3.24. The summed E-state index contributed by atoms with van der Waals surface area (Å²) in [5.41, 5.74) is 8.60. The van der Waals surface area contributed by atoms with Crippen molar-refractivity contribution < 1.29 is 47.6 Å². The molecule has 0 radical (unpaired) electrons. The lowest BCUT2D eigenvalue weighted by molar-refractivity contribution is -0.282. The highest BCUT2D eigenvalue weighted by molar-refractivity contribution is 7.19. The first-order valence-corrected chi connectivity index (χ1v) is 11.4. The smallest absolute Gasteiger partial charge is 0.339 e. The number of azide groups is 1. The lowest BCUT2D eigenvalue weighted by Crippen LogP contribution is -2.64. The zero-order valence-corrected chi connectivity index (χ0v) is 20.6. The van der Waals surface area contributed by atoms with Gasteiger partial charge in [-0.25, -0.2) is 4.79 Å². The predicted molar refractivity (Wildman–Crippen MR) is 123 cm³/mol. The van der Waals surface area contributed by atoms with Crippen LogP contribution in [-0.2, 0) is 49.4 Å². The summed E-state index contributed by atoms with van der Waals surface area (Å²) in [7, 11) is 1.10. The van der Waals surface area contributed by atoms with Crippen LogP contribution in [0.15, 0.2) is 29.4 Å². The minimum absolute atomic E-state index is 0.133. The van der Waals surface area contributed by atoms with Crippen LogP contribution in [0.1, 0.15) is 25.6 Å². The Morgan fingerprint density at radius 2 is 1.67 bits per heavy atom. The second-order valence-corrected chi connectivity index (χ2v) is 8.73. The lowest BCUT2D eigenvalue weighted by atomic mass is 9.97. The number of rotatable bonds is 8. The Bertz CT molecular complexity index is 1210. The maximum absolute atomic E-state index is 12.6. The maximum Gasteiger partial charge on any atom is 0.339 e. The van der Waals surface area contributed by atoms with Crippen LogP contribution in [0, 0.1) is 0 Å². The number of thiophene rings is 1. The molecule has 0 bridgehead atoms. The summed E-state index contributed by atoms with van der Waals surface area (Å²) >= 11 is 1.38. The Labute approximate surface area is 208 Å². The van der Waals surface area contributed by atoms with Gasteiger partial charge in [0.25, 0.3) is 0 Å². The lowest BCUT2D eigenvalue weighted by Gasteiger charge is -2.43. The van der Waals surface area contributed by atoms with Crippen molar-refractivity contribution in [2.24, 2.45) is 5.11 Å². The normalized spacial score (nSPS) is 23.2. The third-order valence-corrected chi connectivity index (χ3v) is 6.03. The molecule has 0 N–H and O–H groups in total. The Balaban J connectivity index is 2.06. The Hall–Kier alpha value is -3.87. The summed E-state index contributed by atoms with van der Waals surface area (Å²) < 4.78 is 33.4. The first-order valence-electron chi connectivity index (χ1n) is 10.6. The number of ether oxygens (including phenoxy) is 6. The summed E-state index contributed by atoms with van der Waals surface area (Å²) in [5, 5.41) is 4.20. The molecule has 0 saturated carbocycles. The molecule has 0 spiro atoms. The topological polar surface area (TPSA) is 172 Å². The van der Waals surface area contributed by atoms with Gasteiger partial charge >= 0.3 is 23.9 Å². The second kappa shape index (κ2) is 11.7. The van der Waals surface area contributed by atoms with Crippen LogP contribution >= 0.6 is 11.3 Å². The minimum Gasteiger partial charge on any atom is -0.467 e. The highest BCUT2D eigenvalue weighted by atomic mass is 32.1. The Kier molecular flexibility index (Phi) is 8.69. The van der Waals surface area contributed by atoms with Gasteiger partial charge in [0.15, 0.2) is 18.3 Å². The van der Waals surface area contributed by atoms with E-state index < -0.39 is 54.6 Å². The van der Waals surface area contributed by atoms with Crippen molar-refractivity contribution in [1.82, 2.24) is 0 Å². The summed E-state index contributed by atoms with van der Waals surface area (Å²) in [6, 6.07) is 6.91. The van der Waals surface area contributed by atoms with Crippen LogP contribution in [0.25, 0.3) is 20.5 Å². The molecule has 0 amide bonds. The average molecular weight is 522 g/mol. The van der Waals surface area contributed by atoms with Gasteiger partial charge < -0.3 is 28.4 Å². The number of benzene rings is 1. The number of methoxy groups -OCH3 is 1. The van der Waals surface area contributed by atoms with E-state index in [9.17, 15) is 19.2 Å². The van der Waals surface area contributed by atoms with Crippen molar-refractivity contribution in [2.75, 3.05) is 7.11 Å². The van der Waals surface area contributed by atoms with Crippen molar-refractivity contribution in [3.63, 3.8) is 0 Å². The highest BCUT2D eigenvalue weighted by Crippen LogP contribution is 2.36. The number of hydrogen-bond donors (Lipinski definition) is 0. The molecule has 1 fully saturated rings. The molecule has 192 valence electrons. The first kappa shape index (κ1) is 26.7. The molecule has 5 atom stereocenters. The Morgan fingerprint density at radius 3 is 2.28 bits per heavy atom. The fourth-order valence-electron chi connectivity index (χ4n) is 3.67. The fraction of sp³-hybridized carbons (Fsp3) is 0.455. The molecule has 13 nitrogen and oxygen atoms in total. The molecule has 14 heteroatoms. The molecule has 3 rings (SSSR count). The molecular weight excluding hydrogens is 498 g/mol. The van der Waals surface area contributed by atoms with Gasteiger partial charge in [0.05, 0.1) is 13.7 Å². The molecule has 1 aliphatic heterocycles. The van der Waals surface area contributed by atoms with E-state index in [1.165, 1.54) is 11.3 Å². The van der Waals surface area contributed by atoms with Crippen LogP contribution in [0.2, 0.25) is 0 Å². The van der Waals surface area contributed by atoms with E-state index in [4.69, 9.17) is 34.0 Å². The molecule has 36 heavy (non-hydrogen) atoms. The largest absolute Gasteiger partial charge is 0.467 e. The molecule has 2 heterocycles. The standard InChI is InChI=1S/C22H23N3O10S/c1-10(26)31-17-18(32-11(2)27)20(33-12(3)28)22(35-19(17)21(29)30-4)34-15-6-5-7-16-14(15)8-13(36-16)9-24-25-23/h5-8,17-20,22H,9H2,1-4H3/t17-,18-,19-,20+,22+/m0/s1. The van der Waals surface area contributed by atoms with Crippen LogP contribution in [0.3, 0.4) is 0 Å². The summed E-state index contributed by atoms with van der Waals surface area (Å²) in [6.07, 6.45) is -7.41. The molecule has 2 aromatic rings. The van der Waals surface area contributed by atoms with Gasteiger partial charge in [0.1, 0.15) is 5.75 Å². The molecule has 1 saturated heterocycles. The number of carbonyl (C=O) groups excluding carboxylic acids is 4. The fourth-order valence-corrected chi connectivity index (χ4v) is 4.67. The summed E-state index contributed by atoms with van der Waals surface area (Å²) in [6.45, 7) is 3.45. The molecule has 1 aromatic heterocycles. The zero-order valence-electron chi connectivity index (χ0n) is 19.7. The number of carbonyl (C=O) groups is 4. The van der Waals surface area contributed by atoms with Gasteiger partial charge in [-0.05, 0) is 23.7 Å². The van der Waals surface area contributed by atoms with Crippen molar-refractivity contribution in [2.45, 2.75) is 58.0 Å². The van der Waals surface area contributed by atoms with Crippen molar-refractivity contribution >= 4 is 45.3 Å². The van der Waals surface area contributed by atoms with Crippen LogP contribution in [-0.4, -0.2) is 61.7 Å². The quantitative estimate of drug-likeness (QED) is 0.165. The minimum atomic E-state index is -1.57. The van der Waals surface area contributed by atoms with E-state index in [0.29, 0.717) is 5.39 Å². The van der Waals surface area contributed by atoms with E-state index in [0.717, 1.165) is 37.5 Å². The van der Waals surface area contributed by atoms with E-state index in [1.54, 1.807) is 18.2 Å². The predicted octanol–water partition coefficient (Wildman–Crippen LogP) is 2.78. The van der Waals surface area contributed by atoms with Gasteiger partial charge in [-0.2, -0.15) is 0 Å². The van der Waals surface area contributed by atoms with Gasteiger partial charge in [-0.1, -0.05) is 11.2 Å². The number of esters is 4. The van der Waals surface area contributed by atoms with Crippen LogP contribution < -0.4 is 4.74 Å². The molecular formula is C22H23N3O10S.